The number of rotatable bonds is 6. The molecule has 0 fully saturated rings. The SMILES string of the molecule is CCC(c1nc2ccccc2c(=O)n1-c1cccc(C)c1)N(CC)C(=O)c1ccccc1F. The molecule has 1 amide bonds. The number of amides is 1. The van der Waals surface area contributed by atoms with Crippen LogP contribution in [0.2, 0.25) is 0 Å². The molecule has 33 heavy (non-hydrogen) atoms. The van der Waals surface area contributed by atoms with Gasteiger partial charge in [-0.2, -0.15) is 0 Å². The molecule has 4 rings (SSSR count). The van der Waals surface area contributed by atoms with Crippen molar-refractivity contribution in [2.75, 3.05) is 6.54 Å². The van der Waals surface area contributed by atoms with Gasteiger partial charge in [0.1, 0.15) is 11.6 Å². The molecule has 3 aromatic carbocycles. The van der Waals surface area contributed by atoms with Crippen LogP contribution < -0.4 is 5.56 Å². The number of para-hydroxylation sites is 1. The minimum Gasteiger partial charge on any atom is -0.329 e. The van der Waals surface area contributed by atoms with Gasteiger partial charge in [0.05, 0.1) is 28.2 Å². The summed E-state index contributed by atoms with van der Waals surface area (Å²) in [6.45, 7) is 6.07. The van der Waals surface area contributed by atoms with Crippen LogP contribution in [-0.4, -0.2) is 26.9 Å². The quantitative estimate of drug-likeness (QED) is 0.398. The third-order valence-corrected chi connectivity index (χ3v) is 5.83. The highest BCUT2D eigenvalue weighted by atomic mass is 19.1. The van der Waals surface area contributed by atoms with Crippen LogP contribution in [0, 0.1) is 12.7 Å². The van der Waals surface area contributed by atoms with E-state index in [-0.39, 0.29) is 11.1 Å². The van der Waals surface area contributed by atoms with Crippen LogP contribution in [-0.2, 0) is 0 Å². The fourth-order valence-corrected chi connectivity index (χ4v) is 4.23. The Morgan fingerprint density at radius 2 is 1.76 bits per heavy atom. The third-order valence-electron chi connectivity index (χ3n) is 5.83. The number of carbonyl (C=O) groups excluding carboxylic acids is 1. The number of aryl methyl sites for hydroxylation is 1. The lowest BCUT2D eigenvalue weighted by Gasteiger charge is -2.31. The summed E-state index contributed by atoms with van der Waals surface area (Å²) in [7, 11) is 0. The molecule has 1 heterocycles. The Kier molecular flexibility index (Phi) is 6.36. The van der Waals surface area contributed by atoms with Crippen molar-refractivity contribution < 1.29 is 9.18 Å². The number of hydrogen-bond donors (Lipinski definition) is 0. The average molecular weight is 444 g/mol. The summed E-state index contributed by atoms with van der Waals surface area (Å²) in [6.07, 6.45) is 0.505. The second-order valence-electron chi connectivity index (χ2n) is 7.96. The Balaban J connectivity index is 1.96. The molecule has 4 aromatic rings. The third kappa shape index (κ3) is 4.16. The first-order valence-electron chi connectivity index (χ1n) is 11.1. The molecule has 0 bridgehead atoms. The molecule has 0 radical (unpaired) electrons. The number of fused-ring (bicyclic) bond motifs is 1. The van der Waals surface area contributed by atoms with Gasteiger partial charge in [0.25, 0.3) is 11.5 Å². The highest BCUT2D eigenvalue weighted by Gasteiger charge is 2.29. The predicted octanol–water partition coefficient (Wildman–Crippen LogP) is 5.45. The van der Waals surface area contributed by atoms with Crippen LogP contribution in [0.25, 0.3) is 16.6 Å². The zero-order chi connectivity index (χ0) is 23.5. The summed E-state index contributed by atoms with van der Waals surface area (Å²) in [5.41, 5.74) is 2.05. The van der Waals surface area contributed by atoms with Crippen molar-refractivity contribution in [1.82, 2.24) is 14.5 Å². The molecule has 1 atom stereocenters. The van der Waals surface area contributed by atoms with E-state index in [1.165, 1.54) is 12.1 Å². The Morgan fingerprint density at radius 1 is 1.03 bits per heavy atom. The molecular formula is C27H26FN3O2. The minimum absolute atomic E-state index is 0.00282. The largest absolute Gasteiger partial charge is 0.329 e. The molecule has 6 heteroatoms. The van der Waals surface area contributed by atoms with E-state index in [1.807, 2.05) is 57.2 Å². The van der Waals surface area contributed by atoms with Crippen molar-refractivity contribution in [3.63, 3.8) is 0 Å². The molecule has 0 saturated heterocycles. The predicted molar refractivity (Wildman–Crippen MR) is 128 cm³/mol. The van der Waals surface area contributed by atoms with Gasteiger partial charge in [0.2, 0.25) is 0 Å². The van der Waals surface area contributed by atoms with Crippen LogP contribution >= 0.6 is 0 Å². The van der Waals surface area contributed by atoms with Crippen molar-refractivity contribution in [3.05, 3.63) is 106 Å². The molecule has 0 spiro atoms. The van der Waals surface area contributed by atoms with Crippen LogP contribution in [0.15, 0.2) is 77.6 Å². The summed E-state index contributed by atoms with van der Waals surface area (Å²) in [5, 5.41) is 0.501. The number of halogens is 1. The van der Waals surface area contributed by atoms with E-state index in [1.54, 1.807) is 33.7 Å². The van der Waals surface area contributed by atoms with E-state index in [2.05, 4.69) is 0 Å². The van der Waals surface area contributed by atoms with Gasteiger partial charge in [-0.15, -0.1) is 0 Å². The van der Waals surface area contributed by atoms with Gasteiger partial charge in [-0.3, -0.25) is 14.2 Å². The summed E-state index contributed by atoms with van der Waals surface area (Å²) in [6, 6.07) is 20.2. The fourth-order valence-electron chi connectivity index (χ4n) is 4.23. The van der Waals surface area contributed by atoms with Crippen molar-refractivity contribution in [1.29, 1.82) is 0 Å². The van der Waals surface area contributed by atoms with Crippen molar-refractivity contribution >= 4 is 16.8 Å². The Labute approximate surface area is 192 Å². The van der Waals surface area contributed by atoms with Crippen molar-refractivity contribution in [2.45, 2.75) is 33.2 Å². The van der Waals surface area contributed by atoms with Gasteiger partial charge in [0, 0.05) is 6.54 Å². The molecular weight excluding hydrogens is 417 g/mol. The van der Waals surface area contributed by atoms with Crippen LogP contribution in [0.3, 0.4) is 0 Å². The van der Waals surface area contributed by atoms with Gasteiger partial charge in [-0.1, -0.05) is 43.3 Å². The maximum Gasteiger partial charge on any atom is 0.266 e. The van der Waals surface area contributed by atoms with E-state index in [0.29, 0.717) is 35.4 Å². The first-order chi connectivity index (χ1) is 16.0. The first-order valence-corrected chi connectivity index (χ1v) is 11.1. The van der Waals surface area contributed by atoms with Gasteiger partial charge >= 0.3 is 0 Å². The number of aromatic nitrogens is 2. The average Bonchev–Trinajstić information content (AvgIpc) is 2.82. The number of carbonyl (C=O) groups is 1. The Morgan fingerprint density at radius 3 is 2.45 bits per heavy atom. The lowest BCUT2D eigenvalue weighted by Crippen LogP contribution is -2.38. The summed E-state index contributed by atoms with van der Waals surface area (Å²) in [5.74, 6) is -0.544. The first kappa shape index (κ1) is 22.4. The standard InChI is InChI=1S/C27H26FN3O2/c1-4-24(30(5-2)26(32)20-13-6-8-15-22(20)28)25-29-23-16-9-7-14-21(23)27(33)31(25)19-12-10-11-18(3)17-19/h6-17,24H,4-5H2,1-3H3. The van der Waals surface area contributed by atoms with E-state index in [9.17, 15) is 14.0 Å². The van der Waals surface area contributed by atoms with E-state index in [4.69, 9.17) is 4.98 Å². The van der Waals surface area contributed by atoms with E-state index < -0.39 is 17.8 Å². The lowest BCUT2D eigenvalue weighted by molar-refractivity contribution is 0.0667. The second kappa shape index (κ2) is 9.36. The maximum atomic E-state index is 14.4. The highest BCUT2D eigenvalue weighted by molar-refractivity contribution is 5.94. The molecule has 5 nitrogen and oxygen atoms in total. The van der Waals surface area contributed by atoms with Gasteiger partial charge < -0.3 is 4.90 Å². The smallest absolute Gasteiger partial charge is 0.266 e. The minimum atomic E-state index is -0.571. The topological polar surface area (TPSA) is 55.2 Å². The van der Waals surface area contributed by atoms with Crippen LogP contribution in [0.4, 0.5) is 4.39 Å². The Hall–Kier alpha value is -3.80. The van der Waals surface area contributed by atoms with Crippen LogP contribution in [0.1, 0.15) is 48.1 Å². The van der Waals surface area contributed by atoms with Crippen molar-refractivity contribution in [3.8, 4) is 5.69 Å². The number of hydrogen-bond acceptors (Lipinski definition) is 3. The van der Waals surface area contributed by atoms with Crippen molar-refractivity contribution in [2.24, 2.45) is 0 Å². The molecule has 0 aliphatic rings. The highest BCUT2D eigenvalue weighted by Crippen LogP contribution is 2.28. The summed E-state index contributed by atoms with van der Waals surface area (Å²) in [4.78, 5) is 33.5. The second-order valence-corrected chi connectivity index (χ2v) is 7.96. The molecule has 0 aliphatic carbocycles. The maximum absolute atomic E-state index is 14.4. The van der Waals surface area contributed by atoms with E-state index >= 15 is 0 Å². The molecule has 1 unspecified atom stereocenters. The zero-order valence-electron chi connectivity index (χ0n) is 19.0. The van der Waals surface area contributed by atoms with E-state index in [0.717, 1.165) is 5.56 Å². The molecule has 1 aromatic heterocycles. The summed E-state index contributed by atoms with van der Waals surface area (Å²) < 4.78 is 16.0. The zero-order valence-corrected chi connectivity index (χ0v) is 19.0. The van der Waals surface area contributed by atoms with Gasteiger partial charge in [-0.05, 0) is 62.2 Å². The molecule has 0 aliphatic heterocycles. The van der Waals surface area contributed by atoms with Crippen LogP contribution in [0.5, 0.6) is 0 Å². The van der Waals surface area contributed by atoms with Gasteiger partial charge in [-0.25, -0.2) is 9.37 Å². The Bertz CT molecular complexity index is 1380. The number of benzene rings is 3. The fraction of sp³-hybridized carbons (Fsp3) is 0.222. The molecule has 0 saturated carbocycles. The summed E-state index contributed by atoms with van der Waals surface area (Å²) >= 11 is 0. The normalized spacial score (nSPS) is 12.0. The lowest BCUT2D eigenvalue weighted by atomic mass is 10.1. The number of nitrogens with zero attached hydrogens (tertiary/aromatic N) is 3. The van der Waals surface area contributed by atoms with Gasteiger partial charge in [0.15, 0.2) is 0 Å². The molecule has 168 valence electrons. The molecule has 0 N–H and O–H groups in total. The monoisotopic (exact) mass is 443 g/mol.